The van der Waals surface area contributed by atoms with Gasteiger partial charge in [-0.05, 0) is 36.6 Å². The van der Waals surface area contributed by atoms with Crippen LogP contribution in [0.2, 0.25) is 0 Å². The molecule has 2 N–H and O–H groups in total. The second-order valence-electron chi connectivity index (χ2n) is 4.47. The van der Waals surface area contributed by atoms with Gasteiger partial charge >= 0.3 is 0 Å². The first kappa shape index (κ1) is 13.5. The largest absolute Gasteiger partial charge is 0.486 e. The van der Waals surface area contributed by atoms with Gasteiger partial charge in [-0.2, -0.15) is 0 Å². The predicted molar refractivity (Wildman–Crippen MR) is 74.8 cm³/mol. The normalized spacial score (nSPS) is 12.1. The lowest BCUT2D eigenvalue weighted by molar-refractivity contribution is 0.295. The van der Waals surface area contributed by atoms with Gasteiger partial charge < -0.3 is 10.5 Å². The molecule has 0 amide bonds. The molecule has 1 unspecified atom stereocenters. The number of nitrogens with two attached hydrogens (primary N) is 1. The van der Waals surface area contributed by atoms with Gasteiger partial charge in [0.2, 0.25) is 0 Å². The first-order chi connectivity index (χ1) is 9.28. The third-order valence-corrected chi connectivity index (χ3v) is 2.91. The molecule has 1 aromatic heterocycles. The Morgan fingerprint density at radius 2 is 2.00 bits per heavy atom. The van der Waals surface area contributed by atoms with Crippen molar-refractivity contribution in [2.75, 3.05) is 0 Å². The van der Waals surface area contributed by atoms with E-state index in [0.717, 1.165) is 18.6 Å². The molecule has 0 saturated carbocycles. The minimum absolute atomic E-state index is 0.202. The summed E-state index contributed by atoms with van der Waals surface area (Å²) in [4.78, 5) is 8.24. The molecule has 100 valence electrons. The monoisotopic (exact) mass is 257 g/mol. The molecule has 2 rings (SSSR count). The predicted octanol–water partition coefficient (Wildman–Crippen LogP) is 2.34. The van der Waals surface area contributed by atoms with Crippen LogP contribution in [-0.4, -0.2) is 16.0 Å². The van der Waals surface area contributed by atoms with Crippen LogP contribution in [0.15, 0.2) is 42.7 Å². The van der Waals surface area contributed by atoms with Crippen LogP contribution in [0.1, 0.15) is 24.7 Å². The molecule has 1 aromatic carbocycles. The standard InChI is InChI=1S/C15H19N3O/c1-2-13(16)9-12-5-3-6-14(10-12)19-11-15-17-7-4-8-18-15/h3-8,10,13H,2,9,11,16H2,1H3. The van der Waals surface area contributed by atoms with E-state index in [1.54, 1.807) is 18.5 Å². The minimum Gasteiger partial charge on any atom is -0.486 e. The number of nitrogens with zero attached hydrogens (tertiary/aromatic N) is 2. The average molecular weight is 257 g/mol. The fraction of sp³-hybridized carbons (Fsp3) is 0.333. The Morgan fingerprint density at radius 3 is 2.74 bits per heavy atom. The maximum atomic E-state index is 5.96. The van der Waals surface area contributed by atoms with E-state index >= 15 is 0 Å². The lowest BCUT2D eigenvalue weighted by Crippen LogP contribution is -2.21. The molecule has 0 spiro atoms. The molecule has 0 aliphatic heterocycles. The molecule has 19 heavy (non-hydrogen) atoms. The van der Waals surface area contributed by atoms with E-state index in [0.29, 0.717) is 12.4 Å². The molecule has 0 fully saturated rings. The van der Waals surface area contributed by atoms with Gasteiger partial charge in [-0.25, -0.2) is 9.97 Å². The molecular weight excluding hydrogens is 238 g/mol. The highest BCUT2D eigenvalue weighted by atomic mass is 16.5. The van der Waals surface area contributed by atoms with Crippen LogP contribution in [0.4, 0.5) is 0 Å². The third kappa shape index (κ3) is 4.34. The molecule has 1 heterocycles. The van der Waals surface area contributed by atoms with Crippen molar-refractivity contribution >= 4 is 0 Å². The maximum Gasteiger partial charge on any atom is 0.166 e. The Hall–Kier alpha value is -1.94. The Morgan fingerprint density at radius 1 is 1.21 bits per heavy atom. The van der Waals surface area contributed by atoms with Crippen LogP contribution in [0.3, 0.4) is 0 Å². The van der Waals surface area contributed by atoms with Gasteiger partial charge in [-0.1, -0.05) is 19.1 Å². The Labute approximate surface area is 113 Å². The Bertz CT molecular complexity index is 502. The molecule has 0 saturated heterocycles. The van der Waals surface area contributed by atoms with Crippen LogP contribution in [-0.2, 0) is 13.0 Å². The van der Waals surface area contributed by atoms with E-state index in [1.165, 1.54) is 5.56 Å². The van der Waals surface area contributed by atoms with Crippen LogP contribution in [0.25, 0.3) is 0 Å². The van der Waals surface area contributed by atoms with E-state index in [-0.39, 0.29) is 6.04 Å². The zero-order chi connectivity index (χ0) is 13.5. The van der Waals surface area contributed by atoms with Gasteiger partial charge in [0.1, 0.15) is 12.4 Å². The van der Waals surface area contributed by atoms with E-state index in [4.69, 9.17) is 10.5 Å². The second-order valence-corrected chi connectivity index (χ2v) is 4.47. The first-order valence-electron chi connectivity index (χ1n) is 6.51. The number of aromatic nitrogens is 2. The fourth-order valence-corrected chi connectivity index (χ4v) is 1.76. The first-order valence-corrected chi connectivity index (χ1v) is 6.51. The molecule has 0 radical (unpaired) electrons. The number of benzene rings is 1. The van der Waals surface area contributed by atoms with Crippen LogP contribution >= 0.6 is 0 Å². The topological polar surface area (TPSA) is 61.0 Å². The van der Waals surface area contributed by atoms with Crippen LogP contribution in [0.5, 0.6) is 5.75 Å². The van der Waals surface area contributed by atoms with Crippen molar-refractivity contribution in [2.24, 2.45) is 5.73 Å². The van der Waals surface area contributed by atoms with Crippen molar-refractivity contribution in [2.45, 2.75) is 32.4 Å². The quantitative estimate of drug-likeness (QED) is 0.862. The van der Waals surface area contributed by atoms with Crippen LogP contribution < -0.4 is 10.5 Å². The van der Waals surface area contributed by atoms with Gasteiger partial charge in [0.25, 0.3) is 0 Å². The third-order valence-electron chi connectivity index (χ3n) is 2.91. The molecule has 0 bridgehead atoms. The van der Waals surface area contributed by atoms with E-state index in [2.05, 4.69) is 23.0 Å². The van der Waals surface area contributed by atoms with Crippen molar-refractivity contribution in [3.8, 4) is 5.75 Å². The SMILES string of the molecule is CCC(N)Cc1cccc(OCc2ncccn2)c1. The fourth-order valence-electron chi connectivity index (χ4n) is 1.76. The highest BCUT2D eigenvalue weighted by Gasteiger charge is 2.03. The summed E-state index contributed by atoms with van der Waals surface area (Å²) in [6, 6.07) is 10.0. The van der Waals surface area contributed by atoms with E-state index < -0.39 is 0 Å². The second kappa shape index (κ2) is 6.85. The summed E-state index contributed by atoms with van der Waals surface area (Å²) in [5.41, 5.74) is 7.15. The van der Waals surface area contributed by atoms with Gasteiger partial charge in [0.05, 0.1) is 0 Å². The summed E-state index contributed by atoms with van der Waals surface area (Å²) in [7, 11) is 0. The summed E-state index contributed by atoms with van der Waals surface area (Å²) >= 11 is 0. The summed E-state index contributed by atoms with van der Waals surface area (Å²) in [6.45, 7) is 2.47. The number of rotatable bonds is 6. The summed E-state index contributed by atoms with van der Waals surface area (Å²) in [6.07, 6.45) is 5.27. The lowest BCUT2D eigenvalue weighted by atomic mass is 10.0. The van der Waals surface area contributed by atoms with Crippen molar-refractivity contribution < 1.29 is 4.74 Å². The molecular formula is C15H19N3O. The molecule has 0 aliphatic carbocycles. The smallest absolute Gasteiger partial charge is 0.166 e. The van der Waals surface area contributed by atoms with E-state index in [9.17, 15) is 0 Å². The summed E-state index contributed by atoms with van der Waals surface area (Å²) < 4.78 is 5.68. The highest BCUT2D eigenvalue weighted by molar-refractivity contribution is 5.29. The zero-order valence-corrected chi connectivity index (χ0v) is 11.1. The van der Waals surface area contributed by atoms with Crippen molar-refractivity contribution in [3.05, 3.63) is 54.1 Å². The zero-order valence-electron chi connectivity index (χ0n) is 11.1. The van der Waals surface area contributed by atoms with Crippen molar-refractivity contribution in [3.63, 3.8) is 0 Å². The minimum atomic E-state index is 0.202. The van der Waals surface area contributed by atoms with Crippen LogP contribution in [0, 0.1) is 0 Å². The summed E-state index contributed by atoms with van der Waals surface area (Å²) in [5.74, 6) is 1.51. The van der Waals surface area contributed by atoms with Gasteiger partial charge in [-0.3, -0.25) is 0 Å². The van der Waals surface area contributed by atoms with Gasteiger partial charge in [-0.15, -0.1) is 0 Å². The van der Waals surface area contributed by atoms with Gasteiger partial charge in [0.15, 0.2) is 5.82 Å². The van der Waals surface area contributed by atoms with Gasteiger partial charge in [0, 0.05) is 18.4 Å². The number of ether oxygens (including phenoxy) is 1. The highest BCUT2D eigenvalue weighted by Crippen LogP contribution is 2.15. The molecule has 1 atom stereocenters. The molecule has 4 heteroatoms. The Kier molecular flexibility index (Phi) is 4.86. The average Bonchev–Trinajstić information content (AvgIpc) is 2.46. The number of hydrogen-bond acceptors (Lipinski definition) is 4. The summed E-state index contributed by atoms with van der Waals surface area (Å²) in [5, 5.41) is 0. The molecule has 2 aromatic rings. The van der Waals surface area contributed by atoms with E-state index in [1.807, 2.05) is 18.2 Å². The molecule has 0 aliphatic rings. The van der Waals surface area contributed by atoms with Crippen molar-refractivity contribution in [1.29, 1.82) is 0 Å². The van der Waals surface area contributed by atoms with Crippen molar-refractivity contribution in [1.82, 2.24) is 9.97 Å². The molecule has 4 nitrogen and oxygen atoms in total. The lowest BCUT2D eigenvalue weighted by Gasteiger charge is -2.10. The maximum absolute atomic E-state index is 5.96. The number of hydrogen-bond donors (Lipinski definition) is 1. The Balaban J connectivity index is 1.95.